The van der Waals surface area contributed by atoms with Crippen LogP contribution in [0.25, 0.3) is 0 Å². The SMILES string of the molecule is O=C(NC(NC(=O)C(Cl)Cl)C(F)(F)F)C(Cl)Cl. The van der Waals surface area contributed by atoms with Crippen molar-refractivity contribution >= 4 is 58.2 Å². The van der Waals surface area contributed by atoms with E-state index in [0.717, 1.165) is 0 Å². The molecule has 0 aliphatic heterocycles. The Balaban J connectivity index is 4.68. The summed E-state index contributed by atoms with van der Waals surface area (Å²) in [6, 6.07) is 0. The molecular formula is C6H5Cl4F3N2O2. The Morgan fingerprint density at radius 2 is 1.18 bits per heavy atom. The third kappa shape index (κ3) is 6.40. The third-order valence-electron chi connectivity index (χ3n) is 1.30. The molecule has 4 nitrogen and oxygen atoms in total. The number of halogens is 7. The quantitative estimate of drug-likeness (QED) is 0.607. The van der Waals surface area contributed by atoms with Crippen molar-refractivity contribution in [2.45, 2.75) is 22.0 Å². The van der Waals surface area contributed by atoms with E-state index in [4.69, 9.17) is 46.4 Å². The number of rotatable bonds is 4. The first kappa shape index (κ1) is 16.9. The van der Waals surface area contributed by atoms with Crippen LogP contribution in [0.3, 0.4) is 0 Å². The fraction of sp³-hybridized carbons (Fsp3) is 0.667. The van der Waals surface area contributed by atoms with Crippen LogP contribution in [0.2, 0.25) is 0 Å². The zero-order valence-corrected chi connectivity index (χ0v) is 10.7. The second-order valence-electron chi connectivity index (χ2n) is 2.59. The number of hydrogen-bond acceptors (Lipinski definition) is 2. The van der Waals surface area contributed by atoms with Gasteiger partial charge in [-0.25, -0.2) is 0 Å². The van der Waals surface area contributed by atoms with Crippen LogP contribution in [0.5, 0.6) is 0 Å². The molecule has 100 valence electrons. The van der Waals surface area contributed by atoms with Gasteiger partial charge in [0.1, 0.15) is 0 Å². The molecule has 0 aromatic rings. The Hall–Kier alpha value is -0.110. The number of carbonyl (C=O) groups is 2. The Kier molecular flexibility index (Phi) is 6.68. The maximum absolute atomic E-state index is 12.4. The molecule has 0 unspecified atom stereocenters. The smallest absolute Gasteiger partial charge is 0.326 e. The van der Waals surface area contributed by atoms with Crippen LogP contribution in [0.4, 0.5) is 13.2 Å². The van der Waals surface area contributed by atoms with Crippen molar-refractivity contribution < 1.29 is 22.8 Å². The molecule has 0 atom stereocenters. The van der Waals surface area contributed by atoms with Gasteiger partial charge in [0.05, 0.1) is 0 Å². The molecule has 0 aliphatic carbocycles. The van der Waals surface area contributed by atoms with E-state index in [1.54, 1.807) is 0 Å². The van der Waals surface area contributed by atoms with Crippen LogP contribution in [0.15, 0.2) is 0 Å². The largest absolute Gasteiger partial charge is 0.427 e. The van der Waals surface area contributed by atoms with Crippen LogP contribution >= 0.6 is 46.4 Å². The zero-order chi connectivity index (χ0) is 13.8. The van der Waals surface area contributed by atoms with Gasteiger partial charge >= 0.3 is 6.18 Å². The second-order valence-corrected chi connectivity index (χ2v) is 4.79. The van der Waals surface area contributed by atoms with Crippen molar-refractivity contribution in [3.05, 3.63) is 0 Å². The van der Waals surface area contributed by atoms with E-state index < -0.39 is 33.8 Å². The lowest BCUT2D eigenvalue weighted by atomic mass is 10.4. The number of alkyl halides is 7. The maximum atomic E-state index is 12.4. The molecule has 11 heteroatoms. The molecule has 0 heterocycles. The minimum Gasteiger partial charge on any atom is -0.326 e. The highest BCUT2D eigenvalue weighted by atomic mass is 35.5. The van der Waals surface area contributed by atoms with Gasteiger partial charge in [-0.05, 0) is 0 Å². The topological polar surface area (TPSA) is 58.2 Å². The van der Waals surface area contributed by atoms with E-state index in [9.17, 15) is 22.8 Å². The lowest BCUT2D eigenvalue weighted by Gasteiger charge is -2.23. The fourth-order valence-electron chi connectivity index (χ4n) is 0.610. The van der Waals surface area contributed by atoms with Crippen molar-refractivity contribution in [2.24, 2.45) is 0 Å². The van der Waals surface area contributed by atoms with Crippen molar-refractivity contribution in [3.8, 4) is 0 Å². The molecule has 0 bridgehead atoms. The van der Waals surface area contributed by atoms with Crippen molar-refractivity contribution in [2.75, 3.05) is 0 Å². The van der Waals surface area contributed by atoms with Crippen LogP contribution in [0.1, 0.15) is 0 Å². The van der Waals surface area contributed by atoms with Crippen LogP contribution in [-0.2, 0) is 9.59 Å². The lowest BCUT2D eigenvalue weighted by molar-refractivity contribution is -0.170. The first-order chi connectivity index (χ1) is 7.55. The van der Waals surface area contributed by atoms with Gasteiger partial charge in [-0.15, -0.1) is 0 Å². The van der Waals surface area contributed by atoms with Crippen molar-refractivity contribution in [3.63, 3.8) is 0 Å². The van der Waals surface area contributed by atoms with Gasteiger partial charge in [0, 0.05) is 0 Å². The average Bonchev–Trinajstić information content (AvgIpc) is 2.14. The molecule has 0 aromatic heterocycles. The van der Waals surface area contributed by atoms with Gasteiger partial charge in [-0.2, -0.15) is 13.2 Å². The number of carbonyl (C=O) groups excluding carboxylic acids is 2. The molecule has 0 aliphatic rings. The highest BCUT2D eigenvalue weighted by molar-refractivity contribution is 6.54. The summed E-state index contributed by atoms with van der Waals surface area (Å²) in [4.78, 5) is 18.3. The summed E-state index contributed by atoms with van der Waals surface area (Å²) in [5.41, 5.74) is 0. The summed E-state index contributed by atoms with van der Waals surface area (Å²) < 4.78 is 37.1. The molecule has 0 fully saturated rings. The van der Waals surface area contributed by atoms with E-state index in [-0.39, 0.29) is 0 Å². The van der Waals surface area contributed by atoms with Gasteiger partial charge in [0.15, 0.2) is 15.8 Å². The molecule has 0 saturated heterocycles. The lowest BCUT2D eigenvalue weighted by Crippen LogP contribution is -2.58. The van der Waals surface area contributed by atoms with Crippen LogP contribution in [0, 0.1) is 0 Å². The first-order valence-electron chi connectivity index (χ1n) is 3.79. The van der Waals surface area contributed by atoms with Gasteiger partial charge in [0.25, 0.3) is 11.8 Å². The van der Waals surface area contributed by atoms with Gasteiger partial charge in [-0.1, -0.05) is 46.4 Å². The predicted molar refractivity (Wildman–Crippen MR) is 57.1 cm³/mol. The molecule has 2 N–H and O–H groups in total. The summed E-state index contributed by atoms with van der Waals surface area (Å²) >= 11 is 20.2. The number of nitrogens with one attached hydrogen (secondary N) is 2. The number of hydrogen-bond donors (Lipinski definition) is 2. The second kappa shape index (κ2) is 6.72. The zero-order valence-electron chi connectivity index (χ0n) is 7.69. The molecule has 17 heavy (non-hydrogen) atoms. The van der Waals surface area contributed by atoms with E-state index in [1.807, 2.05) is 0 Å². The fourth-order valence-corrected chi connectivity index (χ4v) is 0.862. The minimum atomic E-state index is -4.95. The van der Waals surface area contributed by atoms with Crippen molar-refractivity contribution in [1.82, 2.24) is 10.6 Å². The van der Waals surface area contributed by atoms with E-state index in [0.29, 0.717) is 0 Å². The van der Waals surface area contributed by atoms with Crippen LogP contribution in [-0.4, -0.2) is 33.8 Å². The Labute approximate surface area is 114 Å². The Bertz CT molecular complexity index is 275. The Morgan fingerprint density at radius 1 is 0.882 bits per heavy atom. The van der Waals surface area contributed by atoms with Gasteiger partial charge in [-0.3, -0.25) is 9.59 Å². The maximum Gasteiger partial charge on any atom is 0.427 e. The average molecular weight is 336 g/mol. The predicted octanol–water partition coefficient (Wildman–Crippen LogP) is 1.71. The number of amides is 2. The summed E-state index contributed by atoms with van der Waals surface area (Å²) in [6.45, 7) is 0. The standard InChI is InChI=1S/C6H5Cl4F3N2O2/c7-1(8)3(16)14-5(6(11,12)13)15-4(17)2(9)10/h1-2,5H,(H,14,16)(H,15,17). The minimum absolute atomic E-state index is 1.32. The summed E-state index contributed by atoms with van der Waals surface area (Å²) in [5, 5.41) is 2.73. The summed E-state index contributed by atoms with van der Waals surface area (Å²) in [7, 11) is 0. The van der Waals surface area contributed by atoms with Crippen molar-refractivity contribution in [1.29, 1.82) is 0 Å². The molecule has 2 amide bonds. The highest BCUT2D eigenvalue weighted by Crippen LogP contribution is 2.19. The summed E-state index contributed by atoms with van der Waals surface area (Å²) in [6.07, 6.45) is -7.63. The van der Waals surface area contributed by atoms with E-state index >= 15 is 0 Å². The van der Waals surface area contributed by atoms with Gasteiger partial charge in [0.2, 0.25) is 0 Å². The molecule has 0 saturated carbocycles. The third-order valence-corrected chi connectivity index (χ3v) is 2.09. The Morgan fingerprint density at radius 3 is 1.35 bits per heavy atom. The monoisotopic (exact) mass is 334 g/mol. The first-order valence-corrected chi connectivity index (χ1v) is 5.54. The molecule has 0 aromatic carbocycles. The van der Waals surface area contributed by atoms with Gasteiger partial charge < -0.3 is 10.6 Å². The molecule has 0 radical (unpaired) electrons. The highest BCUT2D eigenvalue weighted by Gasteiger charge is 2.43. The van der Waals surface area contributed by atoms with Crippen LogP contribution < -0.4 is 10.6 Å². The van der Waals surface area contributed by atoms with E-state index in [2.05, 4.69) is 0 Å². The molecule has 0 spiro atoms. The van der Waals surface area contributed by atoms with E-state index in [1.165, 1.54) is 10.6 Å². The summed E-state index contributed by atoms with van der Waals surface area (Å²) in [5.74, 6) is -2.65. The molecule has 0 rings (SSSR count). The molecular weight excluding hydrogens is 331 g/mol. The normalized spacial score (nSPS) is 12.1.